The van der Waals surface area contributed by atoms with Gasteiger partial charge in [-0.05, 0) is 73.5 Å². The maximum Gasteiger partial charge on any atom is 0.312 e. The molecule has 0 amide bonds. The molecule has 0 unspecified atom stereocenters. The van der Waals surface area contributed by atoms with Gasteiger partial charge in [0, 0.05) is 13.7 Å². The summed E-state index contributed by atoms with van der Waals surface area (Å²) in [7, 11) is -2.45. The van der Waals surface area contributed by atoms with Crippen LogP contribution in [0.25, 0.3) is 0 Å². The summed E-state index contributed by atoms with van der Waals surface area (Å²) >= 11 is 2.13. The number of rotatable bonds is 12. The second-order valence-electron chi connectivity index (χ2n) is 10.6. The molecule has 0 saturated heterocycles. The van der Waals surface area contributed by atoms with Crippen LogP contribution in [0.2, 0.25) is 0 Å². The van der Waals surface area contributed by atoms with Crippen LogP contribution in [-0.2, 0) is 30.8 Å². The normalized spacial score (nSPS) is 15.3. The molecule has 3 rings (SSSR count). The number of esters is 1. The van der Waals surface area contributed by atoms with Crippen LogP contribution in [0.5, 0.6) is 0 Å². The number of methoxy groups -OCH3 is 1. The highest BCUT2D eigenvalue weighted by molar-refractivity contribution is 14.1. The van der Waals surface area contributed by atoms with Crippen molar-refractivity contribution in [2.45, 2.75) is 71.2 Å². The minimum atomic E-state index is -4.02. The number of hydrogen-bond acceptors (Lipinski definition) is 5. The molecule has 3 aromatic rings. The van der Waals surface area contributed by atoms with E-state index in [0.29, 0.717) is 16.7 Å². The van der Waals surface area contributed by atoms with Crippen molar-refractivity contribution in [1.29, 1.82) is 0 Å². The molecule has 220 valence electrons. The zero-order valence-corrected chi connectivity index (χ0v) is 27.8. The molecular formula is C33H40INO5S. The van der Waals surface area contributed by atoms with Crippen molar-refractivity contribution in [1.82, 2.24) is 4.31 Å². The van der Waals surface area contributed by atoms with Gasteiger partial charge < -0.3 is 9.47 Å². The van der Waals surface area contributed by atoms with E-state index in [0.717, 1.165) is 16.7 Å². The Labute approximate surface area is 259 Å². The van der Waals surface area contributed by atoms with E-state index >= 15 is 0 Å². The molecule has 8 heteroatoms. The summed E-state index contributed by atoms with van der Waals surface area (Å²) in [5, 5.41) is 0. The average molecular weight is 690 g/mol. The number of ether oxygens (including phenoxy) is 2. The fourth-order valence-corrected chi connectivity index (χ4v) is 7.73. The summed E-state index contributed by atoms with van der Waals surface area (Å²) in [5.41, 5.74) is 4.80. The number of sulfonamides is 1. The van der Waals surface area contributed by atoms with Crippen molar-refractivity contribution in [3.8, 4) is 0 Å². The summed E-state index contributed by atoms with van der Waals surface area (Å²) < 4.78 is 44.2. The van der Waals surface area contributed by atoms with Gasteiger partial charge in [0.05, 0.1) is 23.0 Å². The van der Waals surface area contributed by atoms with E-state index in [1.54, 1.807) is 21.0 Å². The van der Waals surface area contributed by atoms with Gasteiger partial charge in [0.25, 0.3) is 0 Å². The minimum absolute atomic E-state index is 0.116. The van der Waals surface area contributed by atoms with Crippen LogP contribution in [0.3, 0.4) is 0 Å². The SMILES string of the molecule is CO[C@H](/C(C)=C/I)[C@@H](C)C(=O)O[C@H](c1ccccc1)[C@H](C)N(Cc1ccccc1)S(=O)(=O)c1c(C)cc(C)cc1C. The lowest BCUT2D eigenvalue weighted by atomic mass is 9.98. The van der Waals surface area contributed by atoms with Crippen LogP contribution in [0.1, 0.15) is 54.7 Å². The van der Waals surface area contributed by atoms with Gasteiger partial charge in [0.15, 0.2) is 0 Å². The molecule has 41 heavy (non-hydrogen) atoms. The van der Waals surface area contributed by atoms with Gasteiger partial charge in [0.1, 0.15) is 6.10 Å². The third-order valence-electron chi connectivity index (χ3n) is 7.32. The number of hydrogen-bond donors (Lipinski definition) is 0. The lowest BCUT2D eigenvalue weighted by molar-refractivity contribution is -0.160. The number of nitrogens with zero attached hydrogens (tertiary/aromatic N) is 1. The van der Waals surface area contributed by atoms with Crippen molar-refractivity contribution >= 4 is 38.6 Å². The van der Waals surface area contributed by atoms with E-state index < -0.39 is 40.2 Å². The summed E-state index contributed by atoms with van der Waals surface area (Å²) in [4.78, 5) is 13.9. The Kier molecular flexibility index (Phi) is 11.7. The van der Waals surface area contributed by atoms with Crippen molar-refractivity contribution in [2.75, 3.05) is 7.11 Å². The Morgan fingerprint density at radius 1 is 0.951 bits per heavy atom. The monoisotopic (exact) mass is 689 g/mol. The number of benzene rings is 3. The summed E-state index contributed by atoms with van der Waals surface area (Å²) in [5.74, 6) is -1.07. The van der Waals surface area contributed by atoms with Crippen LogP contribution < -0.4 is 0 Å². The van der Waals surface area contributed by atoms with Crippen LogP contribution in [-0.4, -0.2) is 37.9 Å². The summed E-state index contributed by atoms with van der Waals surface area (Å²) in [6.07, 6.45) is -1.33. The molecule has 0 aliphatic rings. The topological polar surface area (TPSA) is 72.9 Å². The predicted molar refractivity (Wildman–Crippen MR) is 172 cm³/mol. The number of carbonyl (C=O) groups is 1. The molecule has 0 fully saturated rings. The van der Waals surface area contributed by atoms with Gasteiger partial charge >= 0.3 is 5.97 Å². The molecule has 0 aliphatic carbocycles. The Morgan fingerprint density at radius 3 is 2.00 bits per heavy atom. The van der Waals surface area contributed by atoms with E-state index in [-0.39, 0.29) is 11.4 Å². The fraction of sp³-hybridized carbons (Fsp3) is 0.364. The number of aryl methyl sites for hydroxylation is 3. The number of halogens is 1. The molecule has 0 N–H and O–H groups in total. The van der Waals surface area contributed by atoms with E-state index in [1.807, 2.05) is 105 Å². The molecule has 0 spiro atoms. The van der Waals surface area contributed by atoms with Crippen molar-refractivity contribution in [2.24, 2.45) is 5.92 Å². The van der Waals surface area contributed by atoms with Crippen LogP contribution >= 0.6 is 22.6 Å². The van der Waals surface area contributed by atoms with Crippen LogP contribution in [0.15, 0.2) is 87.3 Å². The standard InChI is InChI=1S/C33H40INO5S/c1-22-18-23(2)32(24(3)19-22)41(37,38)35(21-28-14-10-8-11-15-28)27(6)31(29-16-12-9-13-17-29)40-33(36)26(5)30(39-7)25(4)20-34/h8-20,26-27,30-31H,21H2,1-7H3/b25-20+/t26-,27+,30-,31+/m1/s1. The highest BCUT2D eigenvalue weighted by Crippen LogP contribution is 2.34. The Morgan fingerprint density at radius 2 is 1.49 bits per heavy atom. The molecule has 6 nitrogen and oxygen atoms in total. The Bertz CT molecular complexity index is 1430. The van der Waals surface area contributed by atoms with E-state index in [9.17, 15) is 13.2 Å². The summed E-state index contributed by atoms with van der Waals surface area (Å²) in [6, 6.07) is 21.8. The third-order valence-corrected chi connectivity index (χ3v) is 10.5. The third kappa shape index (κ3) is 7.85. The van der Waals surface area contributed by atoms with E-state index in [2.05, 4.69) is 22.6 Å². The Balaban J connectivity index is 2.13. The second-order valence-corrected chi connectivity index (χ2v) is 13.0. The molecule has 0 saturated carbocycles. The molecule has 4 atom stereocenters. The van der Waals surface area contributed by atoms with Gasteiger partial charge in [-0.2, -0.15) is 4.31 Å². The van der Waals surface area contributed by atoms with Crippen molar-refractivity contribution in [3.05, 3.63) is 110 Å². The first kappa shape index (κ1) is 33.0. The lowest BCUT2D eigenvalue weighted by Crippen LogP contribution is -2.44. The molecule has 3 aromatic carbocycles. The minimum Gasteiger partial charge on any atom is -0.455 e. The smallest absolute Gasteiger partial charge is 0.312 e. The van der Waals surface area contributed by atoms with Crippen LogP contribution in [0.4, 0.5) is 0 Å². The maximum absolute atomic E-state index is 14.5. The number of carbonyl (C=O) groups excluding carboxylic acids is 1. The molecular weight excluding hydrogens is 649 g/mol. The second kappa shape index (κ2) is 14.6. The maximum atomic E-state index is 14.5. The highest BCUT2D eigenvalue weighted by Gasteiger charge is 2.39. The first-order valence-corrected chi connectivity index (χ1v) is 16.3. The van der Waals surface area contributed by atoms with E-state index in [1.165, 1.54) is 4.31 Å². The molecule has 0 heterocycles. The zero-order chi connectivity index (χ0) is 30.3. The first-order chi connectivity index (χ1) is 19.4. The van der Waals surface area contributed by atoms with Crippen LogP contribution in [0, 0.1) is 26.7 Å². The largest absolute Gasteiger partial charge is 0.455 e. The summed E-state index contributed by atoms with van der Waals surface area (Å²) in [6.45, 7) is 11.2. The van der Waals surface area contributed by atoms with Gasteiger partial charge in [-0.25, -0.2) is 8.42 Å². The predicted octanol–water partition coefficient (Wildman–Crippen LogP) is 7.47. The average Bonchev–Trinajstić information content (AvgIpc) is 2.94. The van der Waals surface area contributed by atoms with Gasteiger partial charge in [-0.3, -0.25) is 4.79 Å². The lowest BCUT2D eigenvalue weighted by Gasteiger charge is -2.35. The fourth-order valence-electron chi connectivity index (χ4n) is 5.34. The van der Waals surface area contributed by atoms with Crippen molar-refractivity contribution in [3.63, 3.8) is 0 Å². The van der Waals surface area contributed by atoms with Gasteiger partial charge in [-0.1, -0.05) is 101 Å². The zero-order valence-electron chi connectivity index (χ0n) is 24.8. The highest BCUT2D eigenvalue weighted by atomic mass is 127. The quantitative estimate of drug-likeness (QED) is 0.146. The van der Waals surface area contributed by atoms with E-state index in [4.69, 9.17) is 9.47 Å². The first-order valence-electron chi connectivity index (χ1n) is 13.6. The molecule has 0 radical (unpaired) electrons. The van der Waals surface area contributed by atoms with Crippen molar-refractivity contribution < 1.29 is 22.7 Å². The molecule has 0 aromatic heterocycles. The van der Waals surface area contributed by atoms with Gasteiger partial charge in [-0.15, -0.1) is 0 Å². The molecule has 0 aliphatic heterocycles. The Hall–Kier alpha value is -2.53. The van der Waals surface area contributed by atoms with Gasteiger partial charge in [0.2, 0.25) is 10.0 Å². The molecule has 0 bridgehead atoms.